The van der Waals surface area contributed by atoms with Gasteiger partial charge in [-0.3, -0.25) is 0 Å². The number of para-hydroxylation sites is 1. The van der Waals surface area contributed by atoms with Crippen LogP contribution in [0.5, 0.6) is 11.5 Å². The Kier molecular flexibility index (Phi) is 6.64. The lowest BCUT2D eigenvalue weighted by molar-refractivity contribution is 0.340. The van der Waals surface area contributed by atoms with Crippen molar-refractivity contribution in [2.45, 2.75) is 6.92 Å². The molecule has 0 saturated carbocycles. The van der Waals surface area contributed by atoms with E-state index in [-0.39, 0.29) is 0 Å². The molecule has 0 saturated heterocycles. The van der Waals surface area contributed by atoms with Gasteiger partial charge in [-0.2, -0.15) is 0 Å². The van der Waals surface area contributed by atoms with E-state index in [1.165, 1.54) is 11.8 Å². The van der Waals surface area contributed by atoms with E-state index in [2.05, 4.69) is 4.99 Å². The second-order valence-electron chi connectivity index (χ2n) is 4.39. The van der Waals surface area contributed by atoms with Crippen LogP contribution in [0, 0.1) is 0 Å². The molecule has 0 aliphatic rings. The third-order valence-electron chi connectivity index (χ3n) is 2.73. The summed E-state index contributed by atoms with van der Waals surface area (Å²) in [6, 6.07) is 17.3. The number of rotatable bonds is 7. The third-order valence-corrected chi connectivity index (χ3v) is 3.49. The molecule has 0 amide bonds. The molecule has 0 heterocycles. The van der Waals surface area contributed by atoms with Crippen molar-refractivity contribution >= 4 is 22.6 Å². The van der Waals surface area contributed by atoms with Gasteiger partial charge in [0.2, 0.25) is 0 Å². The predicted molar refractivity (Wildman–Crippen MR) is 93.3 cm³/mol. The number of nitrogens with two attached hydrogens (primary N) is 1. The first-order chi connectivity index (χ1) is 10.8. The molecule has 0 unspecified atom stereocenters. The summed E-state index contributed by atoms with van der Waals surface area (Å²) in [5.74, 6) is 2.45. The van der Waals surface area contributed by atoms with Crippen molar-refractivity contribution in [2.75, 3.05) is 19.0 Å². The smallest absolute Gasteiger partial charge is 0.159 e. The molecule has 2 aromatic rings. The van der Waals surface area contributed by atoms with Crippen molar-refractivity contribution < 1.29 is 9.47 Å². The Morgan fingerprint density at radius 1 is 1.00 bits per heavy atom. The Morgan fingerprint density at radius 2 is 1.68 bits per heavy atom. The van der Waals surface area contributed by atoms with Gasteiger partial charge >= 0.3 is 0 Å². The highest BCUT2D eigenvalue weighted by Gasteiger charge is 1.98. The average molecular weight is 316 g/mol. The van der Waals surface area contributed by atoms with Crippen LogP contribution in [-0.4, -0.2) is 24.1 Å². The number of aliphatic imine (C=N–C) groups is 1. The molecule has 0 bridgehead atoms. The molecule has 2 aromatic carbocycles. The first-order valence-corrected chi connectivity index (χ1v) is 8.14. The normalized spacial score (nSPS) is 11.2. The van der Waals surface area contributed by atoms with E-state index >= 15 is 0 Å². The van der Waals surface area contributed by atoms with Crippen LogP contribution >= 0.6 is 11.8 Å². The van der Waals surface area contributed by atoms with E-state index < -0.39 is 0 Å². The molecule has 0 aliphatic carbocycles. The lowest BCUT2D eigenvalue weighted by atomic mass is 10.3. The first kappa shape index (κ1) is 16.2. The van der Waals surface area contributed by atoms with Gasteiger partial charge in [0.1, 0.15) is 11.5 Å². The lowest BCUT2D eigenvalue weighted by Crippen LogP contribution is -2.10. The summed E-state index contributed by atoms with van der Waals surface area (Å²) in [7, 11) is 0. The fourth-order valence-corrected chi connectivity index (χ4v) is 2.31. The van der Waals surface area contributed by atoms with E-state index in [9.17, 15) is 0 Å². The van der Waals surface area contributed by atoms with Crippen LogP contribution in [0.1, 0.15) is 6.92 Å². The SMILES string of the molecule is CCOc1ccc(N=C(N)SCCOc2ccccc2)cc1. The van der Waals surface area contributed by atoms with Gasteiger partial charge in [-0.15, -0.1) is 0 Å². The van der Waals surface area contributed by atoms with Gasteiger partial charge < -0.3 is 15.2 Å². The van der Waals surface area contributed by atoms with E-state index in [0.717, 1.165) is 22.9 Å². The van der Waals surface area contributed by atoms with Crippen molar-refractivity contribution in [3.05, 3.63) is 54.6 Å². The van der Waals surface area contributed by atoms with E-state index in [4.69, 9.17) is 15.2 Å². The molecule has 2 rings (SSSR count). The number of amidine groups is 1. The number of hydrogen-bond acceptors (Lipinski definition) is 4. The van der Waals surface area contributed by atoms with Gasteiger partial charge in [0.05, 0.1) is 18.9 Å². The van der Waals surface area contributed by atoms with Crippen LogP contribution in [0.3, 0.4) is 0 Å². The van der Waals surface area contributed by atoms with Crippen LogP contribution in [0.25, 0.3) is 0 Å². The zero-order valence-electron chi connectivity index (χ0n) is 12.6. The average Bonchev–Trinajstić information content (AvgIpc) is 2.55. The second kappa shape index (κ2) is 9.00. The topological polar surface area (TPSA) is 56.8 Å². The molecular formula is C17H20N2O2S. The summed E-state index contributed by atoms with van der Waals surface area (Å²) in [6.07, 6.45) is 0. The minimum atomic E-state index is 0.529. The van der Waals surface area contributed by atoms with Crippen molar-refractivity contribution in [2.24, 2.45) is 10.7 Å². The minimum absolute atomic E-state index is 0.529. The number of thioether (sulfide) groups is 1. The Labute approximate surface area is 135 Å². The van der Waals surface area contributed by atoms with Crippen molar-refractivity contribution in [1.29, 1.82) is 0 Å². The highest BCUT2D eigenvalue weighted by Crippen LogP contribution is 2.19. The number of ether oxygens (including phenoxy) is 2. The Bertz CT molecular complexity index is 585. The summed E-state index contributed by atoms with van der Waals surface area (Å²) in [6.45, 7) is 3.20. The number of benzene rings is 2. The second-order valence-corrected chi connectivity index (χ2v) is 5.50. The van der Waals surface area contributed by atoms with Crippen molar-refractivity contribution in [3.8, 4) is 11.5 Å². The van der Waals surface area contributed by atoms with Gasteiger partial charge in [-0.25, -0.2) is 4.99 Å². The molecule has 4 nitrogen and oxygen atoms in total. The monoisotopic (exact) mass is 316 g/mol. The molecule has 0 fully saturated rings. The molecule has 0 spiro atoms. The number of hydrogen-bond donors (Lipinski definition) is 1. The largest absolute Gasteiger partial charge is 0.494 e. The zero-order chi connectivity index (χ0) is 15.6. The maximum atomic E-state index is 5.91. The molecule has 0 aliphatic heterocycles. The Balaban J connectivity index is 1.75. The summed E-state index contributed by atoms with van der Waals surface area (Å²) < 4.78 is 11.0. The molecular weight excluding hydrogens is 296 g/mol. The molecule has 5 heteroatoms. The first-order valence-electron chi connectivity index (χ1n) is 7.15. The highest BCUT2D eigenvalue weighted by atomic mass is 32.2. The van der Waals surface area contributed by atoms with Crippen LogP contribution < -0.4 is 15.2 Å². The van der Waals surface area contributed by atoms with Gasteiger partial charge in [-0.05, 0) is 43.3 Å². The van der Waals surface area contributed by atoms with E-state index in [0.29, 0.717) is 18.4 Å². The van der Waals surface area contributed by atoms with Crippen molar-refractivity contribution in [3.63, 3.8) is 0 Å². The quantitative estimate of drug-likeness (QED) is 0.479. The predicted octanol–water partition coefficient (Wildman–Crippen LogP) is 3.84. The summed E-state index contributed by atoms with van der Waals surface area (Å²) >= 11 is 1.48. The molecule has 0 aromatic heterocycles. The Hall–Kier alpha value is -2.14. The zero-order valence-corrected chi connectivity index (χ0v) is 13.4. The summed E-state index contributed by atoms with van der Waals surface area (Å²) in [5.41, 5.74) is 6.73. The Morgan fingerprint density at radius 3 is 2.36 bits per heavy atom. The van der Waals surface area contributed by atoms with Gasteiger partial charge in [-0.1, -0.05) is 30.0 Å². The number of nitrogens with zero attached hydrogens (tertiary/aromatic N) is 1. The van der Waals surface area contributed by atoms with Gasteiger partial charge in [0, 0.05) is 5.75 Å². The molecule has 116 valence electrons. The van der Waals surface area contributed by atoms with Crippen molar-refractivity contribution in [1.82, 2.24) is 0 Å². The fourth-order valence-electron chi connectivity index (χ4n) is 1.77. The van der Waals surface area contributed by atoms with Crippen LogP contribution in [0.4, 0.5) is 5.69 Å². The van der Waals surface area contributed by atoms with Crippen LogP contribution in [-0.2, 0) is 0 Å². The lowest BCUT2D eigenvalue weighted by Gasteiger charge is -2.06. The molecule has 22 heavy (non-hydrogen) atoms. The van der Waals surface area contributed by atoms with E-state index in [1.807, 2.05) is 61.5 Å². The molecule has 0 radical (unpaired) electrons. The summed E-state index contributed by atoms with van der Waals surface area (Å²) in [4.78, 5) is 4.35. The van der Waals surface area contributed by atoms with Gasteiger partial charge in [0.25, 0.3) is 0 Å². The fraction of sp³-hybridized carbons (Fsp3) is 0.235. The van der Waals surface area contributed by atoms with E-state index in [1.54, 1.807) is 0 Å². The maximum Gasteiger partial charge on any atom is 0.159 e. The van der Waals surface area contributed by atoms with Crippen LogP contribution in [0.2, 0.25) is 0 Å². The highest BCUT2D eigenvalue weighted by molar-refractivity contribution is 8.13. The minimum Gasteiger partial charge on any atom is -0.494 e. The summed E-state index contributed by atoms with van der Waals surface area (Å²) in [5, 5.41) is 0.529. The standard InChI is InChI=1S/C17H20N2O2S/c1-2-20-16-10-8-14(9-11-16)19-17(18)22-13-12-21-15-6-4-3-5-7-15/h3-11H,2,12-13H2,1H3,(H2,18,19). The van der Waals surface area contributed by atoms with Crippen LogP contribution in [0.15, 0.2) is 59.6 Å². The molecule has 2 N–H and O–H groups in total. The maximum absolute atomic E-state index is 5.91. The molecule has 0 atom stereocenters. The van der Waals surface area contributed by atoms with Gasteiger partial charge in [0.15, 0.2) is 5.17 Å². The third kappa shape index (κ3) is 5.69.